The summed E-state index contributed by atoms with van der Waals surface area (Å²) < 4.78 is 5.36. The van der Waals surface area contributed by atoms with Gasteiger partial charge in [0.2, 0.25) is 0 Å². The predicted octanol–water partition coefficient (Wildman–Crippen LogP) is 1.46. The number of thiazole rings is 1. The molecule has 2 aromatic rings. The largest absolute Gasteiger partial charge is 0.328 e. The van der Waals surface area contributed by atoms with Crippen molar-refractivity contribution in [1.29, 1.82) is 0 Å². The number of hydrogen-bond donors (Lipinski definition) is 3. The fraction of sp³-hybridized carbons (Fsp3) is 0.111. The average Bonchev–Trinajstić information content (AvgIpc) is 2.68. The Bertz CT molecular complexity index is 497. The van der Waals surface area contributed by atoms with Gasteiger partial charge in [0, 0.05) is 0 Å². The second-order valence-corrected chi connectivity index (χ2v) is 4.86. The first kappa shape index (κ1) is 12.3. The van der Waals surface area contributed by atoms with E-state index >= 15 is 0 Å². The predicted molar refractivity (Wildman–Crippen MR) is 65.6 cm³/mol. The van der Waals surface area contributed by atoms with Crippen LogP contribution in [0.1, 0.15) is 0 Å². The second kappa shape index (κ2) is 5.48. The van der Waals surface area contributed by atoms with Crippen LogP contribution in [-0.4, -0.2) is 27.3 Å². The minimum absolute atomic E-state index is 0.408. The number of para-hydroxylation sites is 1. The second-order valence-electron chi connectivity index (χ2n) is 3.06. The van der Waals surface area contributed by atoms with Gasteiger partial charge in [-0.2, -0.15) is 0 Å². The number of fused-ring (bicyclic) bond motifs is 1. The molecule has 1 aromatic heterocycles. The van der Waals surface area contributed by atoms with E-state index in [2.05, 4.69) is 14.8 Å². The lowest BCUT2D eigenvalue weighted by Crippen LogP contribution is -2.16. The van der Waals surface area contributed by atoms with Crippen molar-refractivity contribution in [2.24, 2.45) is 0 Å². The van der Waals surface area contributed by atoms with Gasteiger partial charge in [-0.25, -0.2) is 4.98 Å². The van der Waals surface area contributed by atoms with Crippen LogP contribution in [0.5, 0.6) is 0 Å². The third-order valence-corrected chi connectivity index (χ3v) is 3.16. The van der Waals surface area contributed by atoms with E-state index in [0.717, 1.165) is 10.2 Å². The lowest BCUT2D eigenvalue weighted by atomic mass is 10.3. The first-order chi connectivity index (χ1) is 8.15. The van der Waals surface area contributed by atoms with Crippen molar-refractivity contribution < 1.29 is 19.1 Å². The molecule has 3 N–H and O–H groups in total. The maximum Gasteiger partial charge on any atom is 0.327 e. The van der Waals surface area contributed by atoms with E-state index in [1.807, 2.05) is 24.3 Å². The van der Waals surface area contributed by atoms with Gasteiger partial charge in [-0.1, -0.05) is 23.5 Å². The number of carbonyl (C=O) groups excluding carboxylic acids is 1. The first-order valence-corrected chi connectivity index (χ1v) is 6.59. The molecule has 8 heteroatoms. The van der Waals surface area contributed by atoms with Crippen LogP contribution >= 0.6 is 19.9 Å². The number of anilines is 1. The molecule has 0 fully saturated rings. The molecule has 2 rings (SSSR count). The third-order valence-electron chi connectivity index (χ3n) is 1.85. The van der Waals surface area contributed by atoms with Crippen molar-refractivity contribution in [2.45, 2.75) is 0 Å². The molecule has 0 unspecified atom stereocenters. The summed E-state index contributed by atoms with van der Waals surface area (Å²) in [5.41, 5.74) is 0.806. The zero-order chi connectivity index (χ0) is 12.3. The molecule has 0 aliphatic heterocycles. The van der Waals surface area contributed by atoms with Gasteiger partial charge in [-0.3, -0.25) is 10.1 Å². The van der Waals surface area contributed by atoms with E-state index in [1.54, 1.807) is 0 Å². The Labute approximate surface area is 102 Å². The zero-order valence-corrected chi connectivity index (χ0v) is 10.2. The molecule has 90 valence electrons. The van der Waals surface area contributed by atoms with Crippen molar-refractivity contribution >= 4 is 41.2 Å². The Hall–Kier alpha value is -1.11. The van der Waals surface area contributed by atoms with Gasteiger partial charge in [0.15, 0.2) is 5.13 Å². The van der Waals surface area contributed by atoms with Crippen molar-refractivity contribution in [3.8, 4) is 0 Å². The number of benzene rings is 1. The minimum Gasteiger partial charge on any atom is -0.328 e. The number of amides is 1. The Kier molecular flexibility index (Phi) is 3.98. The van der Waals surface area contributed by atoms with Crippen molar-refractivity contribution in [3.63, 3.8) is 0 Å². The summed E-state index contributed by atoms with van der Waals surface area (Å²) in [5, 5.41) is 2.98. The number of rotatable bonds is 4. The molecule has 1 aromatic carbocycles. The lowest BCUT2D eigenvalue weighted by Gasteiger charge is -2.02. The molecule has 1 amide bonds. The molecule has 0 aliphatic rings. The van der Waals surface area contributed by atoms with Gasteiger partial charge in [-0.05, 0) is 12.1 Å². The van der Waals surface area contributed by atoms with Gasteiger partial charge in [0.05, 0.1) is 10.2 Å². The van der Waals surface area contributed by atoms with Gasteiger partial charge in [0.1, 0.15) is 6.61 Å². The summed E-state index contributed by atoms with van der Waals surface area (Å²) in [6.45, 7) is -0.408. The molecule has 0 radical (unpaired) electrons. The minimum atomic E-state index is -2.50. The molecule has 0 spiro atoms. The third kappa shape index (κ3) is 3.42. The SMILES string of the molecule is O=C(COP(O)O)Nc1nc2ccccc2s1. The van der Waals surface area contributed by atoms with Crippen LogP contribution < -0.4 is 5.32 Å². The smallest absolute Gasteiger partial charge is 0.327 e. The van der Waals surface area contributed by atoms with Crippen LogP contribution in [-0.2, 0) is 9.32 Å². The summed E-state index contributed by atoms with van der Waals surface area (Å²) in [4.78, 5) is 32.5. The van der Waals surface area contributed by atoms with Crippen LogP contribution in [0.15, 0.2) is 24.3 Å². The molecule has 0 saturated carbocycles. The standard InChI is InChI=1S/C9H9N2O4PS/c12-8(5-15-16(13)14)11-9-10-6-3-1-2-4-7(6)17-9/h1-4,13-14H,5H2,(H,10,11,12). The van der Waals surface area contributed by atoms with E-state index in [1.165, 1.54) is 11.3 Å². The van der Waals surface area contributed by atoms with Crippen LogP contribution in [0.4, 0.5) is 5.13 Å². The average molecular weight is 272 g/mol. The fourth-order valence-corrected chi connectivity index (χ4v) is 2.31. The number of hydrogen-bond acceptors (Lipinski definition) is 6. The summed E-state index contributed by atoms with van der Waals surface area (Å²) in [6.07, 6.45) is 0. The maximum atomic E-state index is 11.3. The van der Waals surface area contributed by atoms with E-state index in [-0.39, 0.29) is 0 Å². The van der Waals surface area contributed by atoms with Crippen molar-refractivity contribution in [2.75, 3.05) is 11.9 Å². The van der Waals surface area contributed by atoms with Gasteiger partial charge in [0.25, 0.3) is 5.91 Å². The molecule has 0 atom stereocenters. The Morgan fingerprint density at radius 2 is 2.24 bits per heavy atom. The van der Waals surface area contributed by atoms with Crippen LogP contribution in [0, 0.1) is 0 Å². The van der Waals surface area contributed by atoms with E-state index in [4.69, 9.17) is 9.79 Å². The monoisotopic (exact) mass is 272 g/mol. The quantitative estimate of drug-likeness (QED) is 0.733. The van der Waals surface area contributed by atoms with Crippen molar-refractivity contribution in [3.05, 3.63) is 24.3 Å². The summed E-state index contributed by atoms with van der Waals surface area (Å²) in [6, 6.07) is 7.50. The van der Waals surface area contributed by atoms with Gasteiger partial charge >= 0.3 is 8.60 Å². The Morgan fingerprint density at radius 3 is 2.94 bits per heavy atom. The highest BCUT2D eigenvalue weighted by atomic mass is 32.1. The van der Waals surface area contributed by atoms with Gasteiger partial charge in [-0.15, -0.1) is 0 Å². The number of nitrogens with one attached hydrogen (secondary N) is 1. The summed E-state index contributed by atoms with van der Waals surface area (Å²) >= 11 is 1.34. The van der Waals surface area contributed by atoms with E-state index in [9.17, 15) is 4.79 Å². The topological polar surface area (TPSA) is 91.7 Å². The molecule has 17 heavy (non-hydrogen) atoms. The van der Waals surface area contributed by atoms with Crippen LogP contribution in [0.2, 0.25) is 0 Å². The van der Waals surface area contributed by atoms with E-state index in [0.29, 0.717) is 5.13 Å². The van der Waals surface area contributed by atoms with E-state index < -0.39 is 21.1 Å². The highest BCUT2D eigenvalue weighted by Gasteiger charge is 2.09. The Balaban J connectivity index is 2.01. The molecular weight excluding hydrogens is 263 g/mol. The molecule has 0 bridgehead atoms. The van der Waals surface area contributed by atoms with Crippen LogP contribution in [0.25, 0.3) is 10.2 Å². The highest BCUT2D eigenvalue weighted by Crippen LogP contribution is 2.26. The molecule has 0 saturated heterocycles. The first-order valence-electron chi connectivity index (χ1n) is 4.61. The maximum absolute atomic E-state index is 11.3. The molecule has 1 heterocycles. The van der Waals surface area contributed by atoms with Crippen molar-refractivity contribution in [1.82, 2.24) is 4.98 Å². The molecular formula is C9H9N2O4PS. The summed E-state index contributed by atoms with van der Waals surface area (Å²) in [7, 11) is -2.50. The number of carbonyl (C=O) groups is 1. The highest BCUT2D eigenvalue weighted by molar-refractivity contribution is 7.39. The normalized spacial score (nSPS) is 11.0. The molecule has 0 aliphatic carbocycles. The van der Waals surface area contributed by atoms with Crippen LogP contribution in [0.3, 0.4) is 0 Å². The number of aromatic nitrogens is 1. The van der Waals surface area contributed by atoms with Gasteiger partial charge < -0.3 is 14.3 Å². The zero-order valence-electron chi connectivity index (χ0n) is 8.53. The summed E-state index contributed by atoms with van der Waals surface area (Å²) in [5.74, 6) is -0.473. The number of nitrogens with zero attached hydrogens (tertiary/aromatic N) is 1. The Morgan fingerprint density at radius 1 is 1.47 bits per heavy atom. The molecule has 6 nitrogen and oxygen atoms in total. The lowest BCUT2D eigenvalue weighted by molar-refractivity contribution is -0.118. The fourth-order valence-electron chi connectivity index (χ4n) is 1.20.